The number of nitrogens with zero attached hydrogens (tertiary/aromatic N) is 4. The predicted octanol–water partition coefficient (Wildman–Crippen LogP) is 1.28. The molecule has 7 nitrogen and oxygen atoms in total. The Morgan fingerprint density at radius 3 is 2.43 bits per heavy atom. The van der Waals surface area contributed by atoms with Crippen LogP contribution in [0.15, 0.2) is 35.1 Å². The van der Waals surface area contributed by atoms with Gasteiger partial charge in [0.05, 0.1) is 0 Å². The molecule has 2 aromatic rings. The molecule has 0 N–H and O–H groups in total. The van der Waals surface area contributed by atoms with Gasteiger partial charge in [0.2, 0.25) is 0 Å². The van der Waals surface area contributed by atoms with Crippen LogP contribution in [0.3, 0.4) is 0 Å². The van der Waals surface area contributed by atoms with Gasteiger partial charge in [-0.3, -0.25) is 14.6 Å². The van der Waals surface area contributed by atoms with Crippen LogP contribution in [0.2, 0.25) is 0 Å². The average molecular weight is 286 g/mol. The number of amides is 2. The lowest BCUT2D eigenvalue weighted by atomic mass is 10.2. The molecule has 1 aliphatic rings. The molecule has 0 saturated carbocycles. The van der Waals surface area contributed by atoms with Crippen LogP contribution in [0.5, 0.6) is 0 Å². The highest BCUT2D eigenvalue weighted by atomic mass is 16.5. The summed E-state index contributed by atoms with van der Waals surface area (Å²) in [6.45, 7) is 2.71. The minimum Gasteiger partial charge on any atom is -0.361 e. The summed E-state index contributed by atoms with van der Waals surface area (Å²) in [6, 6.07) is 4.82. The number of hydrogen-bond acceptors (Lipinski definition) is 5. The van der Waals surface area contributed by atoms with E-state index in [2.05, 4.69) is 10.1 Å². The van der Waals surface area contributed by atoms with Crippen molar-refractivity contribution in [1.82, 2.24) is 20.2 Å². The maximum absolute atomic E-state index is 12.5. The van der Waals surface area contributed by atoms with E-state index in [4.69, 9.17) is 4.52 Å². The van der Waals surface area contributed by atoms with Gasteiger partial charge in [-0.1, -0.05) is 5.16 Å². The average Bonchev–Trinajstić information content (AvgIpc) is 3.15. The molecule has 0 aromatic carbocycles. The number of pyridine rings is 1. The first-order valence-corrected chi connectivity index (χ1v) is 6.64. The number of aryl methyl sites for hydroxylation is 1. The van der Waals surface area contributed by atoms with Crippen LogP contribution in [0.4, 0.5) is 0 Å². The molecule has 1 aliphatic heterocycles. The molecule has 0 spiro atoms. The molecule has 2 aromatic heterocycles. The van der Waals surface area contributed by atoms with E-state index in [9.17, 15) is 9.59 Å². The van der Waals surface area contributed by atoms with E-state index in [0.717, 1.165) is 6.42 Å². The summed E-state index contributed by atoms with van der Waals surface area (Å²) in [6.07, 6.45) is 3.84. The van der Waals surface area contributed by atoms with E-state index in [1.54, 1.807) is 37.5 Å². The van der Waals surface area contributed by atoms with Crippen molar-refractivity contribution in [1.29, 1.82) is 0 Å². The second-order valence-electron chi connectivity index (χ2n) is 4.77. The zero-order chi connectivity index (χ0) is 14.8. The normalized spacial score (nSPS) is 14.5. The highest BCUT2D eigenvalue weighted by Gasteiger charge is 2.33. The Morgan fingerprint density at radius 2 is 1.81 bits per heavy atom. The molecule has 3 rings (SSSR count). The lowest BCUT2D eigenvalue weighted by Crippen LogP contribution is -2.45. The summed E-state index contributed by atoms with van der Waals surface area (Å²) in [4.78, 5) is 28.7. The van der Waals surface area contributed by atoms with Crippen molar-refractivity contribution in [3.05, 3.63) is 47.6 Å². The molecule has 0 aliphatic carbocycles. The molecule has 0 radical (unpaired) electrons. The van der Waals surface area contributed by atoms with Gasteiger partial charge in [-0.05, 0) is 25.5 Å². The van der Waals surface area contributed by atoms with Crippen molar-refractivity contribution >= 4 is 11.8 Å². The van der Waals surface area contributed by atoms with E-state index in [0.29, 0.717) is 24.4 Å². The van der Waals surface area contributed by atoms with Crippen molar-refractivity contribution < 1.29 is 14.1 Å². The minimum absolute atomic E-state index is 0.210. The van der Waals surface area contributed by atoms with E-state index < -0.39 is 0 Å². The van der Waals surface area contributed by atoms with Gasteiger partial charge in [-0.2, -0.15) is 0 Å². The van der Waals surface area contributed by atoms with Crippen molar-refractivity contribution in [2.24, 2.45) is 0 Å². The molecular weight excluding hydrogens is 272 g/mol. The van der Waals surface area contributed by atoms with Crippen LogP contribution in [0.1, 0.15) is 33.0 Å². The third-order valence-electron chi connectivity index (χ3n) is 3.27. The van der Waals surface area contributed by atoms with E-state index in [1.807, 2.05) is 0 Å². The van der Waals surface area contributed by atoms with Crippen LogP contribution in [-0.2, 0) is 0 Å². The highest BCUT2D eigenvalue weighted by molar-refractivity contribution is 5.98. The van der Waals surface area contributed by atoms with E-state index in [1.165, 1.54) is 10.0 Å². The molecule has 108 valence electrons. The van der Waals surface area contributed by atoms with Gasteiger partial charge in [0.15, 0.2) is 5.69 Å². The Kier molecular flexibility index (Phi) is 3.39. The third-order valence-corrected chi connectivity index (χ3v) is 3.27. The summed E-state index contributed by atoms with van der Waals surface area (Å²) in [5.74, 6) is 0.0137. The quantitative estimate of drug-likeness (QED) is 0.831. The number of carbonyl (C=O) groups excluding carboxylic acids is 2. The molecule has 0 unspecified atom stereocenters. The largest absolute Gasteiger partial charge is 0.361 e. The maximum Gasteiger partial charge on any atom is 0.294 e. The van der Waals surface area contributed by atoms with E-state index >= 15 is 0 Å². The first-order chi connectivity index (χ1) is 10.2. The first-order valence-electron chi connectivity index (χ1n) is 6.64. The lowest BCUT2D eigenvalue weighted by molar-refractivity contribution is 0.0180. The number of aromatic nitrogens is 2. The van der Waals surface area contributed by atoms with Crippen LogP contribution in [0.25, 0.3) is 0 Å². The van der Waals surface area contributed by atoms with Crippen molar-refractivity contribution in [2.75, 3.05) is 13.1 Å². The molecule has 2 amide bonds. The summed E-state index contributed by atoms with van der Waals surface area (Å²) < 4.78 is 4.92. The standard InChI is InChI=1S/C14H14N4O3/c1-10-9-12(16-21-10)14(20)18-8-2-7-17(18)13(19)11-3-5-15-6-4-11/h3-6,9H,2,7-8H2,1H3. The summed E-state index contributed by atoms with van der Waals surface area (Å²) in [5.41, 5.74) is 0.711. The molecule has 3 heterocycles. The molecule has 1 saturated heterocycles. The fourth-order valence-corrected chi connectivity index (χ4v) is 2.28. The Hall–Kier alpha value is -2.70. The van der Waals surface area contributed by atoms with Gasteiger partial charge in [-0.25, -0.2) is 10.0 Å². The first kappa shape index (κ1) is 13.3. The van der Waals surface area contributed by atoms with Gasteiger partial charge < -0.3 is 4.52 Å². The smallest absolute Gasteiger partial charge is 0.294 e. The number of hydrogen-bond donors (Lipinski definition) is 0. The maximum atomic E-state index is 12.5. The Bertz CT molecular complexity index is 668. The lowest BCUT2D eigenvalue weighted by Gasteiger charge is -2.27. The van der Waals surface area contributed by atoms with Gasteiger partial charge >= 0.3 is 0 Å². The third kappa shape index (κ3) is 2.49. The second-order valence-corrected chi connectivity index (χ2v) is 4.77. The Balaban J connectivity index is 1.82. The van der Waals surface area contributed by atoms with Crippen LogP contribution in [0, 0.1) is 6.92 Å². The summed E-state index contributed by atoms with van der Waals surface area (Å²) in [5, 5.41) is 6.58. The van der Waals surface area contributed by atoms with E-state index in [-0.39, 0.29) is 17.5 Å². The monoisotopic (exact) mass is 286 g/mol. The number of carbonyl (C=O) groups is 2. The molecule has 0 bridgehead atoms. The fraction of sp³-hybridized carbons (Fsp3) is 0.286. The van der Waals surface area contributed by atoms with Crippen molar-refractivity contribution in [2.45, 2.75) is 13.3 Å². The number of rotatable bonds is 2. The molecule has 21 heavy (non-hydrogen) atoms. The Labute approximate surface area is 121 Å². The van der Waals surface area contributed by atoms with Gasteiger partial charge in [0, 0.05) is 37.1 Å². The van der Waals surface area contributed by atoms with Gasteiger partial charge in [-0.15, -0.1) is 0 Å². The molecule has 0 atom stereocenters. The predicted molar refractivity (Wildman–Crippen MR) is 72.2 cm³/mol. The van der Waals surface area contributed by atoms with Crippen LogP contribution in [-0.4, -0.2) is 45.1 Å². The fourth-order valence-electron chi connectivity index (χ4n) is 2.28. The highest BCUT2D eigenvalue weighted by Crippen LogP contribution is 2.18. The number of hydrazine groups is 1. The van der Waals surface area contributed by atoms with Crippen LogP contribution < -0.4 is 0 Å². The van der Waals surface area contributed by atoms with Crippen LogP contribution >= 0.6 is 0 Å². The second kappa shape index (κ2) is 5.35. The zero-order valence-corrected chi connectivity index (χ0v) is 11.5. The minimum atomic E-state index is -0.327. The summed E-state index contributed by atoms with van der Waals surface area (Å²) in [7, 11) is 0. The van der Waals surface area contributed by atoms with Gasteiger partial charge in [0.25, 0.3) is 11.8 Å². The summed E-state index contributed by atoms with van der Waals surface area (Å²) >= 11 is 0. The molecular formula is C14H14N4O3. The van der Waals surface area contributed by atoms with Crippen molar-refractivity contribution in [3.8, 4) is 0 Å². The zero-order valence-electron chi connectivity index (χ0n) is 11.5. The topological polar surface area (TPSA) is 79.5 Å². The Morgan fingerprint density at radius 1 is 1.14 bits per heavy atom. The molecule has 1 fully saturated rings. The SMILES string of the molecule is Cc1cc(C(=O)N2CCCN2C(=O)c2ccncc2)no1. The van der Waals surface area contributed by atoms with Crippen molar-refractivity contribution in [3.63, 3.8) is 0 Å². The van der Waals surface area contributed by atoms with Gasteiger partial charge in [0.1, 0.15) is 5.76 Å². The molecule has 7 heteroatoms.